The fourth-order valence-corrected chi connectivity index (χ4v) is 8.64. The Morgan fingerprint density at radius 1 is 0.667 bits per heavy atom. The van der Waals surface area contributed by atoms with Crippen molar-refractivity contribution in [2.24, 2.45) is 16.2 Å². The molecule has 3 aliphatic heterocycles. The number of hydrogen-bond donors (Lipinski definition) is 4. The van der Waals surface area contributed by atoms with Gasteiger partial charge in [0.1, 0.15) is 0 Å². The molecule has 0 radical (unpaired) electrons. The van der Waals surface area contributed by atoms with E-state index >= 15 is 0 Å². The minimum absolute atomic E-state index is 0. The minimum Gasteiger partial charge on any atom is -0.328 e. The molecule has 13 nitrogen and oxygen atoms in total. The molecule has 2 aromatic rings. The van der Waals surface area contributed by atoms with E-state index in [1.165, 1.54) is 134 Å². The number of carbonyl (C=O) groups excluding carboxylic acids is 4. The first-order chi connectivity index (χ1) is 24.0. The third-order valence-electron chi connectivity index (χ3n) is 11.3. The summed E-state index contributed by atoms with van der Waals surface area (Å²) in [7, 11) is 0. The van der Waals surface area contributed by atoms with Crippen molar-refractivity contribution in [3.05, 3.63) is 24.8 Å². The molecule has 4 N–H and O–H groups in total. The van der Waals surface area contributed by atoms with Gasteiger partial charge in [0.2, 0.25) is 11.8 Å². The molecule has 6 aliphatic rings. The fraction of sp³-hybridized carbons (Fsp3) is 0.737. The summed E-state index contributed by atoms with van der Waals surface area (Å²) in [6.45, 7) is 9.03. The van der Waals surface area contributed by atoms with Gasteiger partial charge >= 0.3 is 11.4 Å². The van der Waals surface area contributed by atoms with E-state index in [0.717, 1.165) is 31.6 Å². The number of nitrogens with zero attached hydrogens (tertiary/aromatic N) is 5. The van der Waals surface area contributed by atoms with Crippen molar-refractivity contribution >= 4 is 71.0 Å². The summed E-state index contributed by atoms with van der Waals surface area (Å²) in [5.74, 6) is -0.251. The van der Waals surface area contributed by atoms with Gasteiger partial charge < -0.3 is 25.8 Å². The average Bonchev–Trinajstić information content (AvgIpc) is 3.75. The highest BCUT2D eigenvalue weighted by Crippen LogP contribution is 2.45. The number of aromatic amines is 1. The second-order valence-electron chi connectivity index (χ2n) is 15.6. The third kappa shape index (κ3) is 13.7. The number of hydrogen-bond acceptors (Lipinski definition) is 7. The van der Waals surface area contributed by atoms with E-state index in [2.05, 4.69) is 31.2 Å². The average molecular weight is 819 g/mol. The highest BCUT2D eigenvalue weighted by atomic mass is 35.5. The van der Waals surface area contributed by atoms with Crippen molar-refractivity contribution in [3.63, 3.8) is 0 Å². The van der Waals surface area contributed by atoms with Crippen molar-refractivity contribution in [3.8, 4) is 0 Å². The highest BCUT2D eigenvalue weighted by molar-refractivity contribution is 6.62. The molecule has 8 rings (SSSR count). The molecule has 3 saturated heterocycles. The Bertz CT molecular complexity index is 1420. The molecule has 3 saturated carbocycles. The molecule has 308 valence electrons. The molecule has 16 heteroatoms. The zero-order chi connectivity index (χ0) is 35.6. The van der Waals surface area contributed by atoms with Crippen LogP contribution in [0.1, 0.15) is 125 Å². The Hall–Kier alpha value is -2.87. The van der Waals surface area contributed by atoms with Gasteiger partial charge in [0.25, 0.3) is 0 Å². The van der Waals surface area contributed by atoms with Gasteiger partial charge in [-0.2, -0.15) is 14.9 Å². The lowest BCUT2D eigenvalue weighted by atomic mass is 9.69. The minimum atomic E-state index is -0.272. The summed E-state index contributed by atoms with van der Waals surface area (Å²) in [5, 5.41) is 18.5. The fourth-order valence-electron chi connectivity index (χ4n) is 8.52. The Morgan fingerprint density at radius 3 is 1.48 bits per heavy atom. The molecule has 54 heavy (non-hydrogen) atoms. The molecule has 4 amide bonds. The van der Waals surface area contributed by atoms with Crippen molar-refractivity contribution < 1.29 is 19.2 Å². The van der Waals surface area contributed by atoms with E-state index in [1.54, 1.807) is 23.5 Å². The largest absolute Gasteiger partial charge is 0.344 e. The van der Waals surface area contributed by atoms with Crippen molar-refractivity contribution in [1.29, 1.82) is 0 Å². The normalized spacial score (nSPS) is 20.4. The topological polar surface area (TPSA) is 157 Å². The van der Waals surface area contributed by atoms with Gasteiger partial charge in [0, 0.05) is 70.1 Å². The molecular formula is C38H66Cl3N9O4. The van der Waals surface area contributed by atoms with Crippen LogP contribution in [0.15, 0.2) is 24.8 Å². The third-order valence-corrected chi connectivity index (χ3v) is 11.5. The lowest BCUT2D eigenvalue weighted by Crippen LogP contribution is -2.60. The van der Waals surface area contributed by atoms with Crippen molar-refractivity contribution in [1.82, 2.24) is 35.1 Å². The number of carbonyl (C=O) groups is 4. The first kappa shape index (κ1) is 49.1. The maximum atomic E-state index is 12.3. The van der Waals surface area contributed by atoms with E-state index in [9.17, 15) is 19.2 Å². The Kier molecular flexibility index (Phi) is 20.6. The molecule has 6 fully saturated rings. The van der Waals surface area contributed by atoms with Crippen LogP contribution in [0.25, 0.3) is 0 Å². The SMILES string of the molecule is C.C.C1CCC2(CC1)CNC2.CC(=O)Nc1cn[nH]c1.CC(=O)Nc1cnn(C(=O)N2CC3(CCCCC3)C2)c1.Cl.Cl.O=C(Cl)N1CC2(CCCCC2)C1. The number of aromatic nitrogens is 4. The van der Waals surface area contributed by atoms with Gasteiger partial charge in [0.05, 0.1) is 30.0 Å². The number of amides is 4. The van der Waals surface area contributed by atoms with Crippen LogP contribution in [0.4, 0.5) is 21.0 Å². The Labute approximate surface area is 340 Å². The van der Waals surface area contributed by atoms with Gasteiger partial charge in [0.15, 0.2) is 0 Å². The van der Waals surface area contributed by atoms with Crippen LogP contribution < -0.4 is 16.0 Å². The second-order valence-corrected chi connectivity index (χ2v) is 15.9. The number of anilines is 2. The quantitative estimate of drug-likeness (QED) is 0.174. The van der Waals surface area contributed by atoms with Crippen molar-refractivity contribution in [2.75, 3.05) is 49.9 Å². The molecule has 5 heterocycles. The maximum Gasteiger partial charge on any atom is 0.344 e. The van der Waals surface area contributed by atoms with E-state index in [0.29, 0.717) is 22.2 Å². The molecular weight excluding hydrogens is 753 g/mol. The molecule has 0 bridgehead atoms. The van der Waals surface area contributed by atoms with Crippen molar-refractivity contribution in [2.45, 2.75) is 125 Å². The van der Waals surface area contributed by atoms with Gasteiger partial charge in [-0.1, -0.05) is 72.6 Å². The predicted molar refractivity (Wildman–Crippen MR) is 222 cm³/mol. The van der Waals surface area contributed by atoms with E-state index in [4.69, 9.17) is 11.6 Å². The van der Waals surface area contributed by atoms with Crippen LogP contribution >= 0.6 is 36.4 Å². The zero-order valence-corrected chi connectivity index (χ0v) is 33.1. The number of rotatable bonds is 2. The molecule has 2 aromatic heterocycles. The highest BCUT2D eigenvalue weighted by Gasteiger charge is 2.46. The summed E-state index contributed by atoms with van der Waals surface area (Å²) in [6.07, 6.45) is 26.7. The number of likely N-dealkylation sites (tertiary alicyclic amines) is 2. The second kappa shape index (κ2) is 22.6. The van der Waals surface area contributed by atoms with E-state index in [-0.39, 0.29) is 62.9 Å². The van der Waals surface area contributed by atoms with Crippen LogP contribution in [0.2, 0.25) is 0 Å². The van der Waals surface area contributed by atoms with Crippen LogP contribution in [0.3, 0.4) is 0 Å². The maximum absolute atomic E-state index is 12.3. The van der Waals surface area contributed by atoms with Crippen LogP contribution in [0.5, 0.6) is 0 Å². The van der Waals surface area contributed by atoms with Gasteiger partial charge in [-0.3, -0.25) is 19.5 Å². The zero-order valence-electron chi connectivity index (χ0n) is 30.7. The monoisotopic (exact) mass is 817 g/mol. The van der Waals surface area contributed by atoms with Crippen LogP contribution in [0, 0.1) is 16.2 Å². The first-order valence-corrected chi connectivity index (χ1v) is 18.9. The van der Waals surface area contributed by atoms with Crippen LogP contribution in [-0.2, 0) is 9.59 Å². The summed E-state index contributed by atoms with van der Waals surface area (Å²) >= 11 is 5.37. The molecule has 3 aliphatic carbocycles. The Morgan fingerprint density at radius 2 is 1.11 bits per heavy atom. The summed E-state index contributed by atoms with van der Waals surface area (Å²) in [6, 6.07) is -0.0993. The predicted octanol–water partition coefficient (Wildman–Crippen LogP) is 8.71. The summed E-state index contributed by atoms with van der Waals surface area (Å²) in [4.78, 5) is 47.9. The molecule has 0 aromatic carbocycles. The van der Waals surface area contributed by atoms with Gasteiger partial charge in [-0.15, -0.1) is 24.8 Å². The molecule has 0 unspecified atom stereocenters. The number of nitrogens with one attached hydrogen (secondary N) is 4. The van der Waals surface area contributed by atoms with E-state index < -0.39 is 0 Å². The van der Waals surface area contributed by atoms with E-state index in [1.807, 2.05) is 4.90 Å². The molecule has 3 spiro atoms. The number of halogens is 3. The smallest absolute Gasteiger partial charge is 0.328 e. The lowest BCUT2D eigenvalue weighted by Gasteiger charge is -2.52. The van der Waals surface area contributed by atoms with Crippen LogP contribution in [-0.4, -0.2) is 92.3 Å². The standard InChI is InChI=1S/C14H20N4O2.C9H14ClNO.C8H15N.C5H7N3O.2CH4.2ClH/c1-11(19)16-12-7-15-18(8-12)13(20)17-9-14(10-17)5-3-2-4-6-14;10-8(12)11-6-9(7-11)4-2-1-3-5-9;1-2-4-8(5-3-1)6-9-7-8;1-4(9)8-5-2-6-7-3-5;;;;/h7-8H,2-6,9-10H2,1H3,(H,16,19);1-7H2;9H,1-7H2;2-3H,1H3,(H,6,7)(H,8,9);2*1H4;2*1H. The Balaban J connectivity index is 0.000000372. The number of H-pyrrole nitrogens is 1. The lowest BCUT2D eigenvalue weighted by molar-refractivity contribution is -0.115. The van der Waals surface area contributed by atoms with Gasteiger partial charge in [-0.05, 0) is 55.5 Å². The summed E-state index contributed by atoms with van der Waals surface area (Å²) in [5.41, 5.74) is 2.89. The van der Waals surface area contributed by atoms with Gasteiger partial charge in [-0.25, -0.2) is 4.79 Å². The summed E-state index contributed by atoms with van der Waals surface area (Å²) < 4.78 is 1.31. The first-order valence-electron chi connectivity index (χ1n) is 18.5. The molecule has 0 atom stereocenters.